The molecule has 1 saturated heterocycles. The summed E-state index contributed by atoms with van der Waals surface area (Å²) in [4.78, 5) is 14.0. The molecule has 2 N–H and O–H groups in total. The lowest BCUT2D eigenvalue weighted by Crippen LogP contribution is -2.53. The van der Waals surface area contributed by atoms with Gasteiger partial charge in [0.05, 0.1) is 0 Å². The lowest BCUT2D eigenvalue weighted by molar-refractivity contribution is 0.0502. The molecule has 1 fully saturated rings. The van der Waals surface area contributed by atoms with E-state index in [4.69, 9.17) is 10.2 Å². The van der Waals surface area contributed by atoms with Crippen LogP contribution in [0.25, 0.3) is 0 Å². The standard InChI is InChI=1S/C12H17BrN2O2/c1-12(2)7-15(6-5-9(12)14)11(16)8-3-4-10(13)17-8/h3-4,9H,5-7,14H2,1-2H3. The van der Waals surface area contributed by atoms with Crippen LogP contribution in [0.4, 0.5) is 0 Å². The molecule has 2 heterocycles. The van der Waals surface area contributed by atoms with Gasteiger partial charge in [0.1, 0.15) is 0 Å². The van der Waals surface area contributed by atoms with Gasteiger partial charge in [-0.15, -0.1) is 0 Å². The summed E-state index contributed by atoms with van der Waals surface area (Å²) in [5, 5.41) is 0. The Morgan fingerprint density at radius 2 is 2.29 bits per heavy atom. The van der Waals surface area contributed by atoms with Gasteiger partial charge < -0.3 is 15.1 Å². The summed E-state index contributed by atoms with van der Waals surface area (Å²) in [7, 11) is 0. The van der Waals surface area contributed by atoms with E-state index < -0.39 is 0 Å². The molecule has 1 aromatic heterocycles. The van der Waals surface area contributed by atoms with Crippen molar-refractivity contribution in [2.24, 2.45) is 11.1 Å². The number of nitrogens with zero attached hydrogens (tertiary/aromatic N) is 1. The zero-order valence-corrected chi connectivity index (χ0v) is 11.7. The Morgan fingerprint density at radius 1 is 1.59 bits per heavy atom. The van der Waals surface area contributed by atoms with Crippen molar-refractivity contribution in [3.8, 4) is 0 Å². The normalized spacial score (nSPS) is 23.8. The number of rotatable bonds is 1. The average molecular weight is 301 g/mol. The molecule has 0 aromatic carbocycles. The van der Waals surface area contributed by atoms with E-state index in [0.29, 0.717) is 23.5 Å². The predicted octanol–water partition coefficient (Wildman–Crippen LogP) is 2.24. The lowest BCUT2D eigenvalue weighted by atomic mass is 9.79. The molecular formula is C12H17BrN2O2. The van der Waals surface area contributed by atoms with E-state index in [1.807, 2.05) is 4.90 Å². The molecule has 0 bridgehead atoms. The van der Waals surface area contributed by atoms with Gasteiger partial charge in [-0.1, -0.05) is 13.8 Å². The molecule has 1 aliphatic rings. The van der Waals surface area contributed by atoms with Crippen molar-refractivity contribution in [3.05, 3.63) is 22.6 Å². The molecule has 5 heteroatoms. The van der Waals surface area contributed by atoms with Crippen LogP contribution in [-0.2, 0) is 0 Å². The SMILES string of the molecule is CC1(C)CN(C(=O)c2ccc(Br)o2)CCC1N. The number of halogens is 1. The Bertz CT molecular complexity index is 428. The first-order valence-electron chi connectivity index (χ1n) is 5.70. The molecule has 1 aromatic rings. The van der Waals surface area contributed by atoms with Crippen molar-refractivity contribution >= 4 is 21.8 Å². The highest BCUT2D eigenvalue weighted by molar-refractivity contribution is 9.10. The van der Waals surface area contributed by atoms with Crippen molar-refractivity contribution in [2.75, 3.05) is 13.1 Å². The van der Waals surface area contributed by atoms with Crippen LogP contribution in [-0.4, -0.2) is 29.9 Å². The smallest absolute Gasteiger partial charge is 0.289 e. The van der Waals surface area contributed by atoms with E-state index in [9.17, 15) is 4.79 Å². The fourth-order valence-corrected chi connectivity index (χ4v) is 2.44. The Balaban J connectivity index is 2.11. The van der Waals surface area contributed by atoms with Crippen LogP contribution in [0, 0.1) is 5.41 Å². The first-order valence-corrected chi connectivity index (χ1v) is 6.49. The molecule has 0 spiro atoms. The van der Waals surface area contributed by atoms with E-state index in [0.717, 1.165) is 6.42 Å². The third kappa shape index (κ3) is 2.55. The van der Waals surface area contributed by atoms with Crippen molar-refractivity contribution in [1.29, 1.82) is 0 Å². The number of piperidine rings is 1. The molecule has 0 saturated carbocycles. The molecule has 2 rings (SSSR count). The zero-order chi connectivity index (χ0) is 12.6. The molecule has 17 heavy (non-hydrogen) atoms. The molecule has 0 radical (unpaired) electrons. The third-order valence-corrected chi connectivity index (χ3v) is 3.81. The summed E-state index contributed by atoms with van der Waals surface area (Å²) in [6.45, 7) is 5.55. The molecule has 1 amide bonds. The number of carbonyl (C=O) groups excluding carboxylic acids is 1. The van der Waals surface area contributed by atoms with E-state index in [1.165, 1.54) is 0 Å². The second-order valence-corrected chi connectivity index (χ2v) is 6.00. The maximum Gasteiger partial charge on any atom is 0.289 e. The van der Waals surface area contributed by atoms with E-state index in [1.54, 1.807) is 12.1 Å². The number of hydrogen-bond donors (Lipinski definition) is 1. The number of furan rings is 1. The molecule has 1 atom stereocenters. The predicted molar refractivity (Wildman–Crippen MR) is 68.7 cm³/mol. The van der Waals surface area contributed by atoms with Crippen LogP contribution >= 0.6 is 15.9 Å². The summed E-state index contributed by atoms with van der Waals surface area (Å²) >= 11 is 3.20. The maximum atomic E-state index is 12.2. The fraction of sp³-hybridized carbons (Fsp3) is 0.583. The van der Waals surface area contributed by atoms with Crippen LogP contribution in [0.3, 0.4) is 0 Å². The molecule has 1 aliphatic heterocycles. The van der Waals surface area contributed by atoms with Crippen molar-refractivity contribution in [1.82, 2.24) is 4.90 Å². The number of carbonyl (C=O) groups is 1. The van der Waals surface area contributed by atoms with Gasteiger partial charge in [0.15, 0.2) is 10.4 Å². The third-order valence-electron chi connectivity index (χ3n) is 3.38. The second kappa shape index (κ2) is 4.46. The Hall–Kier alpha value is -0.810. The summed E-state index contributed by atoms with van der Waals surface area (Å²) < 4.78 is 5.87. The van der Waals surface area contributed by atoms with E-state index >= 15 is 0 Å². The zero-order valence-electron chi connectivity index (χ0n) is 10.1. The van der Waals surface area contributed by atoms with Crippen LogP contribution in [0.15, 0.2) is 21.2 Å². The highest BCUT2D eigenvalue weighted by Crippen LogP contribution is 2.29. The van der Waals surface area contributed by atoms with Crippen LogP contribution in [0.1, 0.15) is 30.8 Å². The van der Waals surface area contributed by atoms with Crippen molar-refractivity contribution < 1.29 is 9.21 Å². The summed E-state index contributed by atoms with van der Waals surface area (Å²) in [6, 6.07) is 3.57. The van der Waals surface area contributed by atoms with Crippen LogP contribution in [0.5, 0.6) is 0 Å². The monoisotopic (exact) mass is 300 g/mol. The van der Waals surface area contributed by atoms with Gasteiger partial charge >= 0.3 is 0 Å². The van der Waals surface area contributed by atoms with Gasteiger partial charge in [-0.25, -0.2) is 0 Å². The first kappa shape index (κ1) is 12.6. The number of likely N-dealkylation sites (tertiary alicyclic amines) is 1. The molecule has 94 valence electrons. The summed E-state index contributed by atoms with van der Waals surface area (Å²) in [5.41, 5.74) is 6.00. The minimum Gasteiger partial charge on any atom is -0.444 e. The van der Waals surface area contributed by atoms with Gasteiger partial charge in [0, 0.05) is 19.1 Å². The number of hydrogen-bond acceptors (Lipinski definition) is 3. The topological polar surface area (TPSA) is 59.5 Å². The maximum absolute atomic E-state index is 12.2. The van der Waals surface area contributed by atoms with Crippen molar-refractivity contribution in [3.63, 3.8) is 0 Å². The minimum atomic E-state index is -0.0596. The van der Waals surface area contributed by atoms with Gasteiger partial charge in [0.25, 0.3) is 5.91 Å². The van der Waals surface area contributed by atoms with Gasteiger partial charge in [0.2, 0.25) is 0 Å². The molecule has 1 unspecified atom stereocenters. The Labute approximate surface area is 109 Å². The Morgan fingerprint density at radius 3 is 2.82 bits per heavy atom. The Kier molecular flexibility index (Phi) is 3.32. The molecule has 0 aliphatic carbocycles. The lowest BCUT2D eigenvalue weighted by Gasteiger charge is -2.42. The van der Waals surface area contributed by atoms with Gasteiger partial charge in [-0.05, 0) is 39.9 Å². The highest BCUT2D eigenvalue weighted by Gasteiger charge is 2.36. The quantitative estimate of drug-likeness (QED) is 0.865. The average Bonchev–Trinajstić information content (AvgIpc) is 2.68. The fourth-order valence-electron chi connectivity index (χ4n) is 2.13. The summed E-state index contributed by atoms with van der Waals surface area (Å²) in [5.74, 6) is 0.318. The van der Waals surface area contributed by atoms with Gasteiger partial charge in [-0.2, -0.15) is 0 Å². The van der Waals surface area contributed by atoms with Crippen LogP contribution < -0.4 is 5.73 Å². The molecule has 4 nitrogen and oxygen atoms in total. The first-order chi connectivity index (χ1) is 7.90. The number of amides is 1. The van der Waals surface area contributed by atoms with Crippen LogP contribution in [0.2, 0.25) is 0 Å². The second-order valence-electron chi connectivity index (χ2n) is 5.21. The minimum absolute atomic E-state index is 0.0439. The highest BCUT2D eigenvalue weighted by atomic mass is 79.9. The molecular weight excluding hydrogens is 284 g/mol. The largest absolute Gasteiger partial charge is 0.444 e. The van der Waals surface area contributed by atoms with E-state index in [-0.39, 0.29) is 17.4 Å². The van der Waals surface area contributed by atoms with Crippen molar-refractivity contribution in [2.45, 2.75) is 26.3 Å². The van der Waals surface area contributed by atoms with E-state index in [2.05, 4.69) is 29.8 Å². The summed E-state index contributed by atoms with van der Waals surface area (Å²) in [6.07, 6.45) is 0.834. The number of nitrogens with two attached hydrogens (primary N) is 1. The van der Waals surface area contributed by atoms with Gasteiger partial charge in [-0.3, -0.25) is 4.79 Å².